The summed E-state index contributed by atoms with van der Waals surface area (Å²) in [6.07, 6.45) is 0.127. The third-order valence-electron chi connectivity index (χ3n) is 6.54. The molecule has 2 heterocycles. The molecule has 4 rings (SSSR count). The molecule has 0 spiro atoms. The molecule has 0 bridgehead atoms. The number of aromatic nitrogens is 4. The molecule has 0 aliphatic heterocycles. The highest BCUT2D eigenvalue weighted by atomic mass is 32.2. The molecule has 4 aromatic rings. The minimum atomic E-state index is -3.49. The Morgan fingerprint density at radius 2 is 1.65 bits per heavy atom. The van der Waals surface area contributed by atoms with Gasteiger partial charge in [0.2, 0.25) is 0 Å². The highest BCUT2D eigenvalue weighted by Crippen LogP contribution is 2.36. The lowest BCUT2D eigenvalue weighted by molar-refractivity contribution is -0.151. The second-order valence-corrected chi connectivity index (χ2v) is 14.5. The number of carbonyl (C=O) groups excluding carboxylic acids is 2. The molecule has 13 nitrogen and oxygen atoms in total. The van der Waals surface area contributed by atoms with E-state index in [2.05, 4.69) is 25.7 Å². The van der Waals surface area contributed by atoms with Crippen LogP contribution in [0.5, 0.6) is 11.8 Å². The molecule has 0 aliphatic carbocycles. The number of rotatable bonds is 12. The van der Waals surface area contributed by atoms with Crippen LogP contribution in [0.4, 0.5) is 28.2 Å². The van der Waals surface area contributed by atoms with E-state index >= 15 is 4.39 Å². The van der Waals surface area contributed by atoms with Gasteiger partial charge in [-0.15, -0.1) is 0 Å². The maximum Gasteiger partial charge on any atom is 0.408 e. The number of nitrogens with one attached hydrogen (secondary N) is 2. The van der Waals surface area contributed by atoms with Gasteiger partial charge in [0.1, 0.15) is 50.4 Å². The van der Waals surface area contributed by atoms with Crippen LogP contribution in [0.15, 0.2) is 36.4 Å². The van der Waals surface area contributed by atoms with Crippen molar-refractivity contribution in [3.05, 3.63) is 59.7 Å². The first-order valence-electron chi connectivity index (χ1n) is 14.8. The second-order valence-electron chi connectivity index (χ2n) is 12.2. The van der Waals surface area contributed by atoms with Crippen molar-refractivity contribution in [2.24, 2.45) is 5.92 Å². The van der Waals surface area contributed by atoms with E-state index in [1.165, 1.54) is 0 Å². The molecule has 2 aromatic carbocycles. The fourth-order valence-electron chi connectivity index (χ4n) is 4.34. The minimum Gasteiger partial charge on any atom is -0.444 e. The van der Waals surface area contributed by atoms with E-state index in [1.807, 2.05) is 0 Å². The molecule has 0 saturated carbocycles. The van der Waals surface area contributed by atoms with E-state index in [0.29, 0.717) is 6.07 Å². The van der Waals surface area contributed by atoms with Crippen molar-refractivity contribution < 1.29 is 49.8 Å². The molecule has 0 fully saturated rings. The number of esters is 1. The van der Waals surface area contributed by atoms with Crippen molar-refractivity contribution in [2.75, 3.05) is 23.9 Å². The lowest BCUT2D eigenvalue weighted by Crippen LogP contribution is -2.47. The Bertz CT molecular complexity index is 1980. The molecular formula is C31H34F4N6O7S. The first-order chi connectivity index (χ1) is 22.8. The summed E-state index contributed by atoms with van der Waals surface area (Å²) < 4.78 is 98.4. The molecule has 49 heavy (non-hydrogen) atoms. The van der Waals surface area contributed by atoms with Gasteiger partial charge >= 0.3 is 18.1 Å². The number of hydrogen-bond acceptors (Lipinski definition) is 11. The van der Waals surface area contributed by atoms with Gasteiger partial charge in [-0.1, -0.05) is 13.8 Å². The number of ether oxygens (including phenoxy) is 3. The van der Waals surface area contributed by atoms with Crippen LogP contribution in [0.2, 0.25) is 0 Å². The fraction of sp³-hybridized carbons (Fsp3) is 0.387. The third kappa shape index (κ3) is 9.77. The first kappa shape index (κ1) is 36.8. The third-order valence-corrected chi connectivity index (χ3v) is 7.48. The van der Waals surface area contributed by atoms with Gasteiger partial charge in [-0.3, -0.25) is 0 Å². The molecule has 1 amide bonds. The Morgan fingerprint density at radius 1 is 0.980 bits per heavy atom. The van der Waals surface area contributed by atoms with E-state index in [-0.39, 0.29) is 40.4 Å². The minimum absolute atomic E-state index is 0.0757. The van der Waals surface area contributed by atoms with Gasteiger partial charge in [0.25, 0.3) is 0 Å². The Hall–Kier alpha value is -5.00. The Labute approximate surface area is 278 Å². The number of fused-ring (bicyclic) bond motifs is 1. The van der Waals surface area contributed by atoms with Gasteiger partial charge in [0.05, 0.1) is 11.1 Å². The lowest BCUT2D eigenvalue weighted by Gasteiger charge is -2.24. The summed E-state index contributed by atoms with van der Waals surface area (Å²) in [5.41, 5.74) is -1.65. The fourth-order valence-corrected chi connectivity index (χ4v) is 4.81. The van der Waals surface area contributed by atoms with Crippen molar-refractivity contribution in [3.63, 3.8) is 0 Å². The maximum atomic E-state index is 15.1. The van der Waals surface area contributed by atoms with Crippen LogP contribution in [0, 0.1) is 29.2 Å². The van der Waals surface area contributed by atoms with E-state index in [0.717, 1.165) is 41.3 Å². The molecule has 0 aliphatic rings. The molecule has 264 valence electrons. The molecular weight excluding hydrogens is 676 g/mol. The van der Waals surface area contributed by atoms with Crippen LogP contribution in [0.25, 0.3) is 22.3 Å². The highest BCUT2D eigenvalue weighted by Gasteiger charge is 2.30. The van der Waals surface area contributed by atoms with Crippen molar-refractivity contribution >= 4 is 38.8 Å². The van der Waals surface area contributed by atoms with E-state index in [4.69, 9.17) is 14.2 Å². The summed E-state index contributed by atoms with van der Waals surface area (Å²) in [7, 11) is -3.49. The van der Waals surface area contributed by atoms with Crippen LogP contribution in [0.1, 0.15) is 34.6 Å². The van der Waals surface area contributed by atoms with Crippen molar-refractivity contribution in [1.29, 1.82) is 0 Å². The van der Waals surface area contributed by atoms with Crippen LogP contribution < -0.4 is 15.4 Å². The largest absolute Gasteiger partial charge is 0.444 e. The van der Waals surface area contributed by atoms with Gasteiger partial charge in [-0.2, -0.15) is 15.1 Å². The number of amides is 1. The molecule has 2 aromatic heterocycles. The van der Waals surface area contributed by atoms with Crippen molar-refractivity contribution in [2.45, 2.75) is 53.0 Å². The Morgan fingerprint density at radius 3 is 2.29 bits per heavy atom. The summed E-state index contributed by atoms with van der Waals surface area (Å²) in [5.74, 6) is -6.13. The number of sulfone groups is 1. The lowest BCUT2D eigenvalue weighted by atomic mass is 10.1. The molecule has 2 N–H and O–H groups in total. The predicted octanol–water partition coefficient (Wildman–Crippen LogP) is 5.35. The number of anilines is 1. The van der Waals surface area contributed by atoms with Gasteiger partial charge < -0.3 is 24.8 Å². The summed E-state index contributed by atoms with van der Waals surface area (Å²) in [6, 6.07) is 3.32. The SMILES string of the molecule is CC(C)[C@@H](NC(=O)OC(C)(C)C)C(=O)OCn1nc(-c2cc(F)ccc2F)c2c(NCCS(C)(=O)=O)nc(Oc3ccc(F)cc3F)nc21. The topological polar surface area (TPSA) is 164 Å². The zero-order valence-electron chi connectivity index (χ0n) is 27.3. The number of alkyl carbamates (subject to hydrolysis) is 1. The van der Waals surface area contributed by atoms with Gasteiger partial charge in [-0.05, 0) is 57.0 Å². The summed E-state index contributed by atoms with van der Waals surface area (Å²) in [5, 5.41) is 9.49. The van der Waals surface area contributed by atoms with Crippen LogP contribution in [-0.4, -0.2) is 70.4 Å². The normalized spacial score (nSPS) is 12.6. The molecule has 0 saturated heterocycles. The Kier molecular flexibility index (Phi) is 11.0. The van der Waals surface area contributed by atoms with E-state index in [1.54, 1.807) is 34.6 Å². The van der Waals surface area contributed by atoms with Gasteiger partial charge in [0, 0.05) is 24.4 Å². The summed E-state index contributed by atoms with van der Waals surface area (Å²) >= 11 is 0. The zero-order chi connectivity index (χ0) is 36.3. The number of halogens is 4. The number of carbonyl (C=O) groups is 2. The smallest absolute Gasteiger partial charge is 0.408 e. The monoisotopic (exact) mass is 710 g/mol. The second kappa shape index (κ2) is 14.6. The van der Waals surface area contributed by atoms with E-state index in [9.17, 15) is 31.2 Å². The molecule has 0 radical (unpaired) electrons. The molecule has 0 unspecified atom stereocenters. The first-order valence-corrected chi connectivity index (χ1v) is 16.8. The standard InChI is InChI=1S/C31H34F4N6O7S/c1-16(2)24(37-30(43)48-31(3,4)5)28(42)46-15-41-27-23(25(40-41)19-13-17(32)7-9-20(19)34)26(36-11-12-49(6,44)45)38-29(39-27)47-22-10-8-18(33)14-21(22)35/h7-10,13-14,16,24H,11-12,15H2,1-6H3,(H,37,43)(H,36,38,39)/t24-/m1/s1. The van der Waals surface area contributed by atoms with E-state index < -0.39 is 81.2 Å². The van der Waals surface area contributed by atoms with Crippen molar-refractivity contribution in [1.82, 2.24) is 25.1 Å². The number of hydrogen-bond donors (Lipinski definition) is 2. The highest BCUT2D eigenvalue weighted by molar-refractivity contribution is 7.90. The quantitative estimate of drug-likeness (QED) is 0.144. The van der Waals surface area contributed by atoms with Crippen LogP contribution in [-0.2, 0) is 30.8 Å². The number of benzene rings is 2. The number of nitrogens with zero attached hydrogens (tertiary/aromatic N) is 4. The van der Waals surface area contributed by atoms with Crippen LogP contribution in [0.3, 0.4) is 0 Å². The molecule has 18 heteroatoms. The van der Waals surface area contributed by atoms with Gasteiger partial charge in [-0.25, -0.2) is 40.3 Å². The van der Waals surface area contributed by atoms with Gasteiger partial charge in [0.15, 0.2) is 23.9 Å². The van der Waals surface area contributed by atoms with Crippen molar-refractivity contribution in [3.8, 4) is 23.0 Å². The average Bonchev–Trinajstić information content (AvgIpc) is 3.34. The zero-order valence-corrected chi connectivity index (χ0v) is 28.1. The predicted molar refractivity (Wildman–Crippen MR) is 169 cm³/mol. The average molecular weight is 711 g/mol. The maximum absolute atomic E-state index is 15.1. The Balaban J connectivity index is 1.82. The van der Waals surface area contributed by atoms with Crippen LogP contribution >= 0.6 is 0 Å². The molecule has 1 atom stereocenters. The summed E-state index contributed by atoms with van der Waals surface area (Å²) in [6.45, 7) is 7.31. The summed E-state index contributed by atoms with van der Waals surface area (Å²) in [4.78, 5) is 34.1.